The molecule has 0 heterocycles. The van der Waals surface area contributed by atoms with E-state index in [0.29, 0.717) is 12.2 Å². The smallest absolute Gasteiger partial charge is 0.322 e. The second-order valence-electron chi connectivity index (χ2n) is 9.54. The molecule has 2 amide bonds. The van der Waals surface area contributed by atoms with Crippen molar-refractivity contribution in [3.05, 3.63) is 84.4 Å². The fourth-order valence-corrected chi connectivity index (χ4v) is 5.63. The Labute approximate surface area is 224 Å². The van der Waals surface area contributed by atoms with Crippen molar-refractivity contribution in [3.63, 3.8) is 0 Å². The lowest BCUT2D eigenvalue weighted by atomic mass is 9.95. The van der Waals surface area contributed by atoms with E-state index in [0.717, 1.165) is 53.1 Å². The summed E-state index contributed by atoms with van der Waals surface area (Å²) in [6.45, 7) is 4.03. The van der Waals surface area contributed by atoms with E-state index in [1.54, 1.807) is 17.8 Å². The fraction of sp³-hybridized carbons (Fsp3) is 0.355. The summed E-state index contributed by atoms with van der Waals surface area (Å²) in [5, 5.41) is 3.30. The number of ether oxygens (including phenoxy) is 1. The van der Waals surface area contributed by atoms with Gasteiger partial charge in [-0.1, -0.05) is 80.4 Å². The molecule has 1 N–H and O–H groups in total. The predicted molar refractivity (Wildman–Crippen MR) is 150 cm³/mol. The Morgan fingerprint density at radius 3 is 2.38 bits per heavy atom. The first kappa shape index (κ1) is 26.8. The molecule has 0 aliphatic heterocycles. The molecule has 0 aromatic heterocycles. The molecule has 194 valence electrons. The molecule has 37 heavy (non-hydrogen) atoms. The van der Waals surface area contributed by atoms with E-state index in [4.69, 9.17) is 4.74 Å². The minimum Gasteiger partial charge on any atom is -0.426 e. The molecule has 1 saturated carbocycles. The lowest BCUT2D eigenvalue weighted by Gasteiger charge is -2.33. The van der Waals surface area contributed by atoms with Crippen LogP contribution in [-0.2, 0) is 4.79 Å². The molecule has 0 saturated heterocycles. The first-order valence-corrected chi connectivity index (χ1v) is 14.1. The van der Waals surface area contributed by atoms with Crippen LogP contribution < -0.4 is 15.0 Å². The fourth-order valence-electron chi connectivity index (χ4n) is 4.71. The van der Waals surface area contributed by atoms with Crippen LogP contribution in [0.15, 0.2) is 88.7 Å². The standard InChI is InChI=1S/C31H36N2O3S/c1-3-12-30(34)36-27-18-11-20-29(22-27)37-28-19-10-17-26(21-28)33(23(2)24-13-6-4-7-14-24)31(35)32-25-15-8-5-9-16-25/h4,6-7,10-11,13-14,17-23,25H,3,5,8-9,12,15-16H2,1-2H3,(H,32,35). The summed E-state index contributed by atoms with van der Waals surface area (Å²) in [6.07, 6.45) is 6.80. The Morgan fingerprint density at radius 1 is 0.946 bits per heavy atom. The second kappa shape index (κ2) is 13.3. The maximum Gasteiger partial charge on any atom is 0.322 e. The van der Waals surface area contributed by atoms with Crippen LogP contribution in [0, 0.1) is 0 Å². The number of nitrogens with one attached hydrogen (secondary N) is 1. The maximum atomic E-state index is 13.7. The average molecular weight is 517 g/mol. The number of carbonyl (C=O) groups excluding carboxylic acids is 2. The topological polar surface area (TPSA) is 58.6 Å². The Morgan fingerprint density at radius 2 is 1.65 bits per heavy atom. The van der Waals surface area contributed by atoms with Gasteiger partial charge in [0.2, 0.25) is 0 Å². The third kappa shape index (κ3) is 7.62. The summed E-state index contributed by atoms with van der Waals surface area (Å²) >= 11 is 1.58. The molecular weight excluding hydrogens is 480 g/mol. The second-order valence-corrected chi connectivity index (χ2v) is 10.7. The van der Waals surface area contributed by atoms with Crippen LogP contribution in [0.4, 0.5) is 10.5 Å². The normalized spacial score (nSPS) is 14.5. The summed E-state index contributed by atoms with van der Waals surface area (Å²) in [7, 11) is 0. The van der Waals surface area contributed by atoms with Gasteiger partial charge in [0.25, 0.3) is 0 Å². The molecule has 0 radical (unpaired) electrons. The quantitative estimate of drug-likeness (QED) is 0.230. The molecule has 5 nitrogen and oxygen atoms in total. The van der Waals surface area contributed by atoms with Gasteiger partial charge < -0.3 is 10.1 Å². The summed E-state index contributed by atoms with van der Waals surface area (Å²) in [5.74, 6) is 0.326. The largest absolute Gasteiger partial charge is 0.426 e. The summed E-state index contributed by atoms with van der Waals surface area (Å²) in [5.41, 5.74) is 1.93. The van der Waals surface area contributed by atoms with Gasteiger partial charge in [0.05, 0.1) is 6.04 Å². The van der Waals surface area contributed by atoms with Crippen molar-refractivity contribution in [1.82, 2.24) is 5.32 Å². The van der Waals surface area contributed by atoms with Crippen molar-refractivity contribution < 1.29 is 14.3 Å². The number of hydrogen-bond donors (Lipinski definition) is 1. The minimum atomic E-state index is -0.221. The summed E-state index contributed by atoms with van der Waals surface area (Å²) in [4.78, 5) is 29.4. The van der Waals surface area contributed by atoms with Gasteiger partial charge >= 0.3 is 12.0 Å². The highest BCUT2D eigenvalue weighted by Gasteiger charge is 2.26. The van der Waals surface area contributed by atoms with E-state index in [-0.39, 0.29) is 24.1 Å². The zero-order valence-electron chi connectivity index (χ0n) is 21.7. The van der Waals surface area contributed by atoms with Crippen molar-refractivity contribution in [2.75, 3.05) is 4.90 Å². The third-order valence-electron chi connectivity index (χ3n) is 6.64. The van der Waals surface area contributed by atoms with Crippen molar-refractivity contribution >= 4 is 29.4 Å². The molecule has 1 unspecified atom stereocenters. The zero-order chi connectivity index (χ0) is 26.0. The Hall–Kier alpha value is -3.25. The highest BCUT2D eigenvalue weighted by Crippen LogP contribution is 2.35. The third-order valence-corrected chi connectivity index (χ3v) is 7.62. The van der Waals surface area contributed by atoms with Gasteiger partial charge in [0.15, 0.2) is 0 Å². The van der Waals surface area contributed by atoms with Crippen molar-refractivity contribution in [1.29, 1.82) is 0 Å². The van der Waals surface area contributed by atoms with Crippen molar-refractivity contribution in [2.24, 2.45) is 0 Å². The van der Waals surface area contributed by atoms with Crippen LogP contribution in [0.2, 0.25) is 0 Å². The highest BCUT2D eigenvalue weighted by atomic mass is 32.2. The number of anilines is 1. The van der Waals surface area contributed by atoms with Crippen LogP contribution in [0.1, 0.15) is 70.4 Å². The first-order chi connectivity index (χ1) is 18.0. The van der Waals surface area contributed by atoms with Crippen LogP contribution >= 0.6 is 11.8 Å². The van der Waals surface area contributed by atoms with Gasteiger partial charge in [-0.25, -0.2) is 4.79 Å². The molecule has 1 fully saturated rings. The lowest BCUT2D eigenvalue weighted by Crippen LogP contribution is -2.46. The minimum absolute atomic E-state index is 0.0600. The van der Waals surface area contributed by atoms with Gasteiger partial charge in [-0.05, 0) is 68.1 Å². The van der Waals surface area contributed by atoms with E-state index in [1.807, 2.05) is 66.4 Å². The number of hydrogen-bond acceptors (Lipinski definition) is 4. The molecule has 1 aliphatic rings. The number of rotatable bonds is 9. The van der Waals surface area contributed by atoms with Crippen LogP contribution in [0.3, 0.4) is 0 Å². The van der Waals surface area contributed by atoms with E-state index in [1.165, 1.54) is 6.42 Å². The van der Waals surface area contributed by atoms with Gasteiger partial charge in [-0.2, -0.15) is 0 Å². The number of esters is 1. The van der Waals surface area contributed by atoms with E-state index in [9.17, 15) is 9.59 Å². The zero-order valence-corrected chi connectivity index (χ0v) is 22.5. The number of carbonyl (C=O) groups is 2. The monoisotopic (exact) mass is 516 g/mol. The SMILES string of the molecule is CCCC(=O)Oc1cccc(Sc2cccc(N(C(=O)NC3CCCCC3)C(C)c3ccccc3)c2)c1. The van der Waals surface area contributed by atoms with Gasteiger partial charge in [0.1, 0.15) is 5.75 Å². The maximum absolute atomic E-state index is 13.7. The van der Waals surface area contributed by atoms with Crippen LogP contribution in [0.25, 0.3) is 0 Å². The molecule has 6 heteroatoms. The predicted octanol–water partition coefficient (Wildman–Crippen LogP) is 8.15. The average Bonchev–Trinajstić information content (AvgIpc) is 2.90. The van der Waals surface area contributed by atoms with Gasteiger partial charge in [-0.15, -0.1) is 0 Å². The Balaban J connectivity index is 1.56. The van der Waals surface area contributed by atoms with E-state index >= 15 is 0 Å². The van der Waals surface area contributed by atoms with Crippen molar-refractivity contribution in [3.8, 4) is 5.75 Å². The Bertz CT molecular complexity index is 1180. The molecule has 1 aliphatic carbocycles. The summed E-state index contributed by atoms with van der Waals surface area (Å²) < 4.78 is 5.47. The van der Waals surface area contributed by atoms with E-state index < -0.39 is 0 Å². The number of nitrogens with zero attached hydrogens (tertiary/aromatic N) is 1. The van der Waals surface area contributed by atoms with Gasteiger partial charge in [-0.3, -0.25) is 9.69 Å². The molecule has 3 aromatic carbocycles. The molecular formula is C31H36N2O3S. The molecule has 1 atom stereocenters. The summed E-state index contributed by atoms with van der Waals surface area (Å²) in [6, 6.07) is 25.8. The molecule has 0 spiro atoms. The number of urea groups is 1. The highest BCUT2D eigenvalue weighted by molar-refractivity contribution is 7.99. The molecule has 4 rings (SSSR count). The van der Waals surface area contributed by atoms with Gasteiger partial charge in [0, 0.05) is 27.9 Å². The van der Waals surface area contributed by atoms with Crippen LogP contribution in [-0.4, -0.2) is 18.0 Å². The first-order valence-electron chi connectivity index (χ1n) is 13.3. The lowest BCUT2D eigenvalue weighted by molar-refractivity contribution is -0.134. The molecule has 0 bridgehead atoms. The number of benzene rings is 3. The Kier molecular flexibility index (Phi) is 9.66. The van der Waals surface area contributed by atoms with E-state index in [2.05, 4.69) is 30.4 Å². The number of amides is 2. The molecule has 3 aromatic rings. The van der Waals surface area contributed by atoms with Crippen LogP contribution in [0.5, 0.6) is 5.75 Å². The van der Waals surface area contributed by atoms with Crippen molar-refractivity contribution in [2.45, 2.75) is 80.7 Å².